The van der Waals surface area contributed by atoms with Crippen LogP contribution in [-0.2, 0) is 19.0 Å². The maximum atomic E-state index is 11.8. The van der Waals surface area contributed by atoms with Gasteiger partial charge in [-0.05, 0) is 34.1 Å². The van der Waals surface area contributed by atoms with E-state index in [1.165, 1.54) is 0 Å². The number of esters is 1. The Hall–Kier alpha value is -0.610. The molecule has 0 unspecified atom stereocenters. The Morgan fingerprint density at radius 2 is 1.88 bits per heavy atom. The Labute approximate surface area is 104 Å². The highest BCUT2D eigenvalue weighted by molar-refractivity contribution is 5.70. The van der Waals surface area contributed by atoms with Crippen LogP contribution < -0.4 is 0 Å². The minimum atomic E-state index is -0.633. The van der Waals surface area contributed by atoms with Crippen molar-refractivity contribution in [2.75, 3.05) is 13.2 Å². The lowest BCUT2D eigenvalue weighted by Crippen LogP contribution is -2.38. The number of rotatable bonds is 4. The summed E-state index contributed by atoms with van der Waals surface area (Å²) in [5, 5.41) is 0. The molecule has 1 saturated heterocycles. The van der Waals surface area contributed by atoms with Crippen molar-refractivity contribution in [3.05, 3.63) is 0 Å². The van der Waals surface area contributed by atoms with Crippen LogP contribution in [0.3, 0.4) is 0 Å². The maximum Gasteiger partial charge on any atom is 0.306 e. The molecule has 1 heterocycles. The van der Waals surface area contributed by atoms with Gasteiger partial charge in [0.05, 0.1) is 19.6 Å². The Morgan fingerprint density at radius 1 is 1.35 bits per heavy atom. The summed E-state index contributed by atoms with van der Waals surface area (Å²) in [5.74, 6) is -0.782. The van der Waals surface area contributed by atoms with Crippen LogP contribution in [0.4, 0.5) is 0 Å². The van der Waals surface area contributed by atoms with Crippen LogP contribution in [0.5, 0.6) is 0 Å². The minimum absolute atomic E-state index is 0.0415. The van der Waals surface area contributed by atoms with E-state index in [1.807, 2.05) is 34.6 Å². The Morgan fingerprint density at radius 3 is 2.29 bits per heavy atom. The maximum absolute atomic E-state index is 11.8. The van der Waals surface area contributed by atoms with Crippen LogP contribution >= 0.6 is 0 Å². The van der Waals surface area contributed by atoms with Gasteiger partial charge in [-0.25, -0.2) is 0 Å². The quantitative estimate of drug-likeness (QED) is 0.713. The molecule has 4 heteroatoms. The molecular weight excluding hydrogens is 220 g/mol. The summed E-state index contributed by atoms with van der Waals surface area (Å²) < 4.78 is 16.5. The van der Waals surface area contributed by atoms with Crippen molar-refractivity contribution in [2.45, 2.75) is 58.8 Å². The molecule has 1 aliphatic rings. The van der Waals surface area contributed by atoms with E-state index < -0.39 is 11.4 Å². The molecule has 17 heavy (non-hydrogen) atoms. The second kappa shape index (κ2) is 5.36. The molecule has 4 nitrogen and oxygen atoms in total. The summed E-state index contributed by atoms with van der Waals surface area (Å²) in [5.41, 5.74) is -0.437. The van der Waals surface area contributed by atoms with Crippen molar-refractivity contribution in [1.29, 1.82) is 0 Å². The zero-order chi connectivity index (χ0) is 13.1. The molecule has 0 aromatic carbocycles. The molecule has 0 aliphatic carbocycles. The fraction of sp³-hybridized carbons (Fsp3) is 0.923. The Kier molecular flexibility index (Phi) is 4.55. The van der Waals surface area contributed by atoms with Gasteiger partial charge in [0.25, 0.3) is 0 Å². The third kappa shape index (κ3) is 4.28. The van der Waals surface area contributed by atoms with Crippen LogP contribution in [-0.4, -0.2) is 30.6 Å². The average Bonchev–Trinajstić information content (AvgIpc) is 2.59. The van der Waals surface area contributed by atoms with Gasteiger partial charge in [-0.1, -0.05) is 6.92 Å². The van der Waals surface area contributed by atoms with Gasteiger partial charge in [-0.2, -0.15) is 0 Å². The van der Waals surface area contributed by atoms with E-state index in [1.54, 1.807) is 0 Å². The average molecular weight is 244 g/mol. The Bertz CT molecular complexity index is 261. The summed E-state index contributed by atoms with van der Waals surface area (Å²) in [6.45, 7) is 10.7. The second-order valence-corrected chi connectivity index (χ2v) is 5.61. The van der Waals surface area contributed by atoms with E-state index >= 15 is 0 Å². The fourth-order valence-electron chi connectivity index (χ4n) is 2.05. The van der Waals surface area contributed by atoms with E-state index in [9.17, 15) is 4.79 Å². The van der Waals surface area contributed by atoms with Gasteiger partial charge in [0, 0.05) is 5.92 Å². The molecule has 0 N–H and O–H groups in total. The van der Waals surface area contributed by atoms with Gasteiger partial charge < -0.3 is 14.2 Å². The predicted molar refractivity (Wildman–Crippen MR) is 64.6 cm³/mol. The number of hydrogen-bond acceptors (Lipinski definition) is 4. The summed E-state index contributed by atoms with van der Waals surface area (Å²) in [4.78, 5) is 11.8. The molecule has 0 bridgehead atoms. The molecule has 0 saturated carbocycles. The van der Waals surface area contributed by atoms with E-state index in [-0.39, 0.29) is 11.9 Å². The highest BCUT2D eigenvalue weighted by Gasteiger charge is 2.40. The second-order valence-electron chi connectivity index (χ2n) is 5.61. The number of hydrogen-bond donors (Lipinski definition) is 0. The van der Waals surface area contributed by atoms with Gasteiger partial charge in [0.2, 0.25) is 0 Å². The van der Waals surface area contributed by atoms with E-state index in [0.29, 0.717) is 19.6 Å². The van der Waals surface area contributed by atoms with Gasteiger partial charge in [0.15, 0.2) is 5.79 Å². The smallest absolute Gasteiger partial charge is 0.306 e. The topological polar surface area (TPSA) is 44.8 Å². The number of carbonyl (C=O) groups excluding carboxylic acids is 1. The molecule has 0 amide bonds. The largest absolute Gasteiger partial charge is 0.460 e. The lowest BCUT2D eigenvalue weighted by Gasteiger charge is -2.31. The van der Waals surface area contributed by atoms with Crippen LogP contribution in [0, 0.1) is 5.92 Å². The normalized spacial score (nSPS) is 21.2. The van der Waals surface area contributed by atoms with E-state index in [2.05, 4.69) is 0 Å². The van der Waals surface area contributed by atoms with E-state index in [0.717, 1.165) is 6.42 Å². The standard InChI is InChI=1S/C13H24O4/c1-6-10(13(5)15-7-8-16-13)9-11(14)17-12(2,3)4/h10H,6-9H2,1-5H3/t10-/m0/s1. The third-order valence-electron chi connectivity index (χ3n) is 2.93. The zero-order valence-electron chi connectivity index (χ0n) is 11.5. The summed E-state index contributed by atoms with van der Waals surface area (Å²) in [6.07, 6.45) is 1.17. The molecule has 0 spiro atoms. The minimum Gasteiger partial charge on any atom is -0.460 e. The van der Waals surface area contributed by atoms with Crippen LogP contribution in [0.2, 0.25) is 0 Å². The molecule has 0 radical (unpaired) electrons. The van der Waals surface area contributed by atoms with E-state index in [4.69, 9.17) is 14.2 Å². The first-order chi connectivity index (χ1) is 7.77. The van der Waals surface area contributed by atoms with Crippen molar-refractivity contribution < 1.29 is 19.0 Å². The first-order valence-electron chi connectivity index (χ1n) is 6.26. The molecule has 0 aromatic rings. The van der Waals surface area contributed by atoms with Gasteiger partial charge in [-0.15, -0.1) is 0 Å². The van der Waals surface area contributed by atoms with Crippen molar-refractivity contribution in [3.63, 3.8) is 0 Å². The van der Waals surface area contributed by atoms with Crippen molar-refractivity contribution in [2.24, 2.45) is 5.92 Å². The zero-order valence-corrected chi connectivity index (χ0v) is 11.5. The molecule has 1 fully saturated rings. The molecule has 1 atom stereocenters. The highest BCUT2D eigenvalue weighted by Crippen LogP contribution is 2.33. The molecule has 100 valence electrons. The fourth-order valence-corrected chi connectivity index (χ4v) is 2.05. The summed E-state index contributed by atoms with van der Waals surface area (Å²) in [7, 11) is 0. The Balaban J connectivity index is 2.55. The SMILES string of the molecule is CC[C@@H](CC(=O)OC(C)(C)C)C1(C)OCCO1. The first kappa shape index (κ1) is 14.5. The summed E-state index contributed by atoms with van der Waals surface area (Å²) >= 11 is 0. The van der Waals surface area contributed by atoms with Gasteiger partial charge >= 0.3 is 5.97 Å². The van der Waals surface area contributed by atoms with Crippen molar-refractivity contribution >= 4 is 5.97 Å². The molecular formula is C13H24O4. The number of carbonyl (C=O) groups is 1. The van der Waals surface area contributed by atoms with Gasteiger partial charge in [-0.3, -0.25) is 4.79 Å². The highest BCUT2D eigenvalue weighted by atomic mass is 16.7. The summed E-state index contributed by atoms with van der Waals surface area (Å²) in [6, 6.07) is 0. The lowest BCUT2D eigenvalue weighted by atomic mass is 9.93. The predicted octanol–water partition coefficient (Wildman–Crippen LogP) is 2.51. The number of ether oxygens (including phenoxy) is 3. The lowest BCUT2D eigenvalue weighted by molar-refractivity contribution is -0.192. The van der Waals surface area contributed by atoms with Crippen molar-refractivity contribution in [3.8, 4) is 0 Å². The van der Waals surface area contributed by atoms with Gasteiger partial charge in [0.1, 0.15) is 5.60 Å². The monoisotopic (exact) mass is 244 g/mol. The molecule has 1 aliphatic heterocycles. The third-order valence-corrected chi connectivity index (χ3v) is 2.93. The van der Waals surface area contributed by atoms with Crippen LogP contribution in [0.25, 0.3) is 0 Å². The molecule has 0 aromatic heterocycles. The van der Waals surface area contributed by atoms with Crippen molar-refractivity contribution in [1.82, 2.24) is 0 Å². The van der Waals surface area contributed by atoms with Crippen LogP contribution in [0.15, 0.2) is 0 Å². The molecule has 1 rings (SSSR count). The van der Waals surface area contributed by atoms with Crippen LogP contribution in [0.1, 0.15) is 47.5 Å². The first-order valence-corrected chi connectivity index (χ1v) is 6.26.